The summed E-state index contributed by atoms with van der Waals surface area (Å²) in [4.78, 5) is 27.2. The average Bonchev–Trinajstić information content (AvgIpc) is 3.28. The van der Waals surface area contributed by atoms with Gasteiger partial charge in [-0.3, -0.25) is 14.9 Å². The van der Waals surface area contributed by atoms with Crippen LogP contribution in [0.3, 0.4) is 0 Å². The average molecular weight is 350 g/mol. The number of hydrogen-bond acceptors (Lipinski definition) is 6. The highest BCUT2D eigenvalue weighted by Crippen LogP contribution is 2.27. The van der Waals surface area contributed by atoms with Gasteiger partial charge in [0.05, 0.1) is 10.6 Å². The lowest BCUT2D eigenvalue weighted by Gasteiger charge is -1.96. The number of nitro benzene ring substituents is 1. The van der Waals surface area contributed by atoms with Gasteiger partial charge in [0.15, 0.2) is 10.8 Å². The Morgan fingerprint density at radius 2 is 1.88 bits per heavy atom. The Morgan fingerprint density at radius 1 is 1.12 bits per heavy atom. The lowest BCUT2D eigenvalue weighted by molar-refractivity contribution is -0.384. The normalized spacial score (nSPS) is 10.9. The van der Waals surface area contributed by atoms with Gasteiger partial charge in [0.25, 0.3) is 11.5 Å². The number of non-ortho nitro benzene ring substituents is 1. The Bertz CT molecular complexity index is 1060. The lowest BCUT2D eigenvalue weighted by atomic mass is 10.1. The number of hydrogen-bond donors (Lipinski definition) is 0. The van der Waals surface area contributed by atoms with Gasteiger partial charge in [-0.2, -0.15) is 0 Å². The summed E-state index contributed by atoms with van der Waals surface area (Å²) < 4.78 is 5.58. The number of carbonyl (C=O) groups excluding carboxylic acids is 1. The molecule has 6 nitrogen and oxygen atoms in total. The zero-order chi connectivity index (χ0) is 17.4. The van der Waals surface area contributed by atoms with Crippen molar-refractivity contribution in [3.05, 3.63) is 80.9 Å². The van der Waals surface area contributed by atoms with Gasteiger partial charge in [-0.1, -0.05) is 18.2 Å². The van der Waals surface area contributed by atoms with Crippen molar-refractivity contribution >= 4 is 33.8 Å². The summed E-state index contributed by atoms with van der Waals surface area (Å²) in [6, 6.07) is 15.1. The van der Waals surface area contributed by atoms with Gasteiger partial charge in [0.1, 0.15) is 5.58 Å². The van der Waals surface area contributed by atoms with Crippen LogP contribution in [0.15, 0.2) is 64.4 Å². The molecule has 0 saturated heterocycles. The highest BCUT2D eigenvalue weighted by atomic mass is 32.1. The Hall–Kier alpha value is -3.32. The molecule has 0 unspecified atom stereocenters. The fraction of sp³-hybridized carbons (Fsp3) is 0. The maximum atomic E-state index is 12.6. The Morgan fingerprint density at radius 3 is 2.60 bits per heavy atom. The standard InChI is InChI=1S/C18H10N2O4S/c21-17(16-9-12-3-1-2-4-15(12)24-16)18-19-14(10-25-18)11-5-7-13(8-6-11)20(22)23/h1-10H. The first-order valence-corrected chi connectivity index (χ1v) is 8.23. The maximum Gasteiger partial charge on any atom is 0.269 e. The van der Waals surface area contributed by atoms with Crippen molar-refractivity contribution in [2.45, 2.75) is 0 Å². The lowest BCUT2D eigenvalue weighted by Crippen LogP contribution is -1.98. The van der Waals surface area contributed by atoms with Crippen LogP contribution >= 0.6 is 11.3 Å². The quantitative estimate of drug-likeness (QED) is 0.303. The summed E-state index contributed by atoms with van der Waals surface area (Å²) >= 11 is 1.21. The summed E-state index contributed by atoms with van der Waals surface area (Å²) in [5.74, 6) is -0.0415. The van der Waals surface area contributed by atoms with E-state index in [0.29, 0.717) is 21.8 Å². The first-order chi connectivity index (χ1) is 12.1. The maximum absolute atomic E-state index is 12.6. The third-order valence-corrected chi connectivity index (χ3v) is 4.56. The number of thiazole rings is 1. The zero-order valence-electron chi connectivity index (χ0n) is 12.7. The molecule has 25 heavy (non-hydrogen) atoms. The number of para-hydroxylation sites is 1. The molecule has 0 aliphatic rings. The molecule has 2 aromatic heterocycles. The second kappa shape index (κ2) is 5.95. The molecular weight excluding hydrogens is 340 g/mol. The van der Waals surface area contributed by atoms with E-state index in [9.17, 15) is 14.9 Å². The number of fused-ring (bicyclic) bond motifs is 1. The Labute approximate surface area is 145 Å². The molecule has 0 bridgehead atoms. The van der Waals surface area contributed by atoms with E-state index in [-0.39, 0.29) is 17.2 Å². The van der Waals surface area contributed by atoms with Gasteiger partial charge in [-0.05, 0) is 24.3 Å². The van der Waals surface area contributed by atoms with Crippen molar-refractivity contribution < 1.29 is 14.1 Å². The molecule has 4 rings (SSSR count). The minimum Gasteiger partial charge on any atom is -0.452 e. The van der Waals surface area contributed by atoms with E-state index in [1.165, 1.54) is 23.5 Å². The number of nitro groups is 1. The molecule has 0 aliphatic heterocycles. The van der Waals surface area contributed by atoms with Crippen LogP contribution in [0.2, 0.25) is 0 Å². The molecule has 4 aromatic rings. The second-order valence-corrected chi connectivity index (χ2v) is 6.18. The number of furan rings is 1. The van der Waals surface area contributed by atoms with Gasteiger partial charge >= 0.3 is 0 Å². The molecule has 0 amide bonds. The first-order valence-electron chi connectivity index (χ1n) is 7.35. The highest BCUT2D eigenvalue weighted by Gasteiger charge is 2.19. The fourth-order valence-corrected chi connectivity index (χ4v) is 3.23. The monoisotopic (exact) mass is 350 g/mol. The molecule has 0 atom stereocenters. The first kappa shape index (κ1) is 15.2. The van der Waals surface area contributed by atoms with E-state index in [1.807, 2.05) is 18.2 Å². The van der Waals surface area contributed by atoms with Crippen LogP contribution in [0, 0.1) is 10.1 Å². The SMILES string of the molecule is O=C(c1cc2ccccc2o1)c1nc(-c2ccc([N+](=O)[O-])cc2)cs1. The summed E-state index contributed by atoms with van der Waals surface area (Å²) in [5, 5.41) is 13.6. The van der Waals surface area contributed by atoms with Gasteiger partial charge in [-0.25, -0.2) is 4.98 Å². The van der Waals surface area contributed by atoms with Gasteiger partial charge in [-0.15, -0.1) is 11.3 Å². The smallest absolute Gasteiger partial charge is 0.269 e. The minimum atomic E-state index is -0.457. The van der Waals surface area contributed by atoms with Crippen LogP contribution in [-0.4, -0.2) is 15.7 Å². The molecule has 122 valence electrons. The van der Waals surface area contributed by atoms with Crippen LogP contribution < -0.4 is 0 Å². The van der Waals surface area contributed by atoms with Crippen LogP contribution in [0.4, 0.5) is 5.69 Å². The van der Waals surface area contributed by atoms with Crippen LogP contribution in [0.25, 0.3) is 22.2 Å². The minimum absolute atomic E-state index is 0.0116. The van der Waals surface area contributed by atoms with Crippen LogP contribution in [-0.2, 0) is 0 Å². The number of carbonyl (C=O) groups is 1. The highest BCUT2D eigenvalue weighted by molar-refractivity contribution is 7.12. The van der Waals surface area contributed by atoms with Crippen molar-refractivity contribution in [3.63, 3.8) is 0 Å². The fourth-order valence-electron chi connectivity index (χ4n) is 2.46. The zero-order valence-corrected chi connectivity index (χ0v) is 13.5. The molecule has 0 fully saturated rings. The Balaban J connectivity index is 1.63. The number of aromatic nitrogens is 1. The number of ketones is 1. The van der Waals surface area contributed by atoms with E-state index in [4.69, 9.17) is 4.42 Å². The number of nitrogens with zero attached hydrogens (tertiary/aromatic N) is 2. The van der Waals surface area contributed by atoms with E-state index in [0.717, 1.165) is 5.39 Å². The number of benzene rings is 2. The molecule has 0 aliphatic carbocycles. The van der Waals surface area contributed by atoms with Crippen molar-refractivity contribution in [1.82, 2.24) is 4.98 Å². The molecule has 0 N–H and O–H groups in total. The molecule has 7 heteroatoms. The topological polar surface area (TPSA) is 86.2 Å². The predicted octanol–water partition coefficient (Wildman–Crippen LogP) is 4.70. The molecule has 0 saturated carbocycles. The van der Waals surface area contributed by atoms with E-state index >= 15 is 0 Å². The van der Waals surface area contributed by atoms with Crippen molar-refractivity contribution in [1.29, 1.82) is 0 Å². The Kier molecular flexibility index (Phi) is 3.62. The third-order valence-electron chi connectivity index (χ3n) is 3.72. The summed E-state index contributed by atoms with van der Waals surface area (Å²) in [6.07, 6.45) is 0. The van der Waals surface area contributed by atoms with Crippen LogP contribution in [0.5, 0.6) is 0 Å². The largest absolute Gasteiger partial charge is 0.452 e. The molecular formula is C18H10N2O4S. The van der Waals surface area contributed by atoms with Gasteiger partial charge < -0.3 is 4.42 Å². The van der Waals surface area contributed by atoms with Gasteiger partial charge in [0, 0.05) is 28.5 Å². The number of rotatable bonds is 4. The van der Waals surface area contributed by atoms with E-state index in [1.54, 1.807) is 29.6 Å². The molecule has 0 radical (unpaired) electrons. The van der Waals surface area contributed by atoms with Crippen molar-refractivity contribution in [3.8, 4) is 11.3 Å². The molecule has 2 heterocycles. The summed E-state index contributed by atoms with van der Waals surface area (Å²) in [6.45, 7) is 0. The summed E-state index contributed by atoms with van der Waals surface area (Å²) in [7, 11) is 0. The third kappa shape index (κ3) is 2.81. The van der Waals surface area contributed by atoms with Crippen molar-refractivity contribution in [2.75, 3.05) is 0 Å². The molecule has 2 aromatic carbocycles. The van der Waals surface area contributed by atoms with E-state index < -0.39 is 4.92 Å². The van der Waals surface area contributed by atoms with E-state index in [2.05, 4.69) is 4.98 Å². The molecule has 0 spiro atoms. The summed E-state index contributed by atoms with van der Waals surface area (Å²) in [5.41, 5.74) is 1.97. The van der Waals surface area contributed by atoms with Crippen molar-refractivity contribution in [2.24, 2.45) is 0 Å². The van der Waals surface area contributed by atoms with Gasteiger partial charge in [0.2, 0.25) is 0 Å². The second-order valence-electron chi connectivity index (χ2n) is 5.32. The predicted molar refractivity (Wildman–Crippen MR) is 93.9 cm³/mol. The van der Waals surface area contributed by atoms with Crippen LogP contribution in [0.1, 0.15) is 15.6 Å².